The summed E-state index contributed by atoms with van der Waals surface area (Å²) < 4.78 is 0. The summed E-state index contributed by atoms with van der Waals surface area (Å²) in [4.78, 5) is 0. The van der Waals surface area contributed by atoms with Gasteiger partial charge < -0.3 is 25.7 Å². The third-order valence-corrected chi connectivity index (χ3v) is 0. The fourth-order valence-electron chi connectivity index (χ4n) is 0. The number of rotatable bonds is 0. The van der Waals surface area contributed by atoms with Crippen molar-refractivity contribution in [2.45, 2.75) is 163 Å². The van der Waals surface area contributed by atoms with Gasteiger partial charge in [0.15, 0.2) is 0 Å². The molecule has 0 fully saturated rings. The van der Waals surface area contributed by atoms with Gasteiger partial charge in [-0.3, -0.25) is 0 Å². The average Bonchev–Trinajstić information content (AvgIpc) is 2.50. The second kappa shape index (κ2) is 897. The molecule has 0 aliphatic carbocycles. The van der Waals surface area contributed by atoms with Crippen LogP contribution < -0.4 is 0 Å². The standard InChI is InChI=1S/4C3H7.4C2H6.7CH4.Pt/c4*1-3-2;4*1-2;;;;;;;;/h4*3H,1-2H3;4*1-2H3;7*1H4;/q4*-1;;;;;;;;;;;;+4. The van der Waals surface area contributed by atoms with Gasteiger partial charge in [0, 0.05) is 0 Å². The molecule has 0 saturated heterocycles. The van der Waals surface area contributed by atoms with Gasteiger partial charge in [0.2, 0.25) is 0 Å². The summed E-state index contributed by atoms with van der Waals surface area (Å²) in [6.45, 7) is 32.0. The zero-order valence-electron chi connectivity index (χ0n) is 18.6. The number of hydrogen-bond donors (Lipinski definition) is 0. The maximum absolute atomic E-state index is 2.00. The Morgan fingerprint density at radius 3 is 0.250 bits per heavy atom. The largest absolute Gasteiger partial charge is 4.00 e. The van der Waals surface area contributed by atoms with E-state index in [0.717, 1.165) is 0 Å². The third-order valence-electron chi connectivity index (χ3n) is 0. The van der Waals surface area contributed by atoms with Crippen LogP contribution in [0, 0.1) is 25.7 Å². The Morgan fingerprint density at radius 2 is 0.250 bits per heavy atom. The van der Waals surface area contributed by atoms with Gasteiger partial charge in [0.25, 0.3) is 0 Å². The minimum atomic E-state index is 0. The molecule has 198 valence electrons. The van der Waals surface area contributed by atoms with Crippen LogP contribution in [0.5, 0.6) is 0 Å². The average molecular weight is 600 g/mol. The second-order valence-corrected chi connectivity index (χ2v) is 2.31. The molecular formula is C27H80Pt. The molecule has 0 aromatic heterocycles. The Kier molecular flexibility index (Phi) is 4380. The molecule has 0 aromatic rings. The Balaban J connectivity index is -0.00000000406. The molecule has 0 unspecified atom stereocenters. The summed E-state index contributed by atoms with van der Waals surface area (Å²) >= 11 is 0. The molecule has 0 rings (SSSR count). The van der Waals surface area contributed by atoms with Gasteiger partial charge in [-0.05, 0) is 0 Å². The maximum atomic E-state index is 2.00. The van der Waals surface area contributed by atoms with Crippen LogP contribution in [0.4, 0.5) is 0 Å². The maximum Gasteiger partial charge on any atom is 4.00 e. The van der Waals surface area contributed by atoms with Crippen molar-refractivity contribution in [1.29, 1.82) is 0 Å². The van der Waals surface area contributed by atoms with Crippen molar-refractivity contribution in [1.82, 2.24) is 0 Å². The van der Waals surface area contributed by atoms with Crippen LogP contribution in [0.15, 0.2) is 0 Å². The normalized spacial score (nSPS) is 3.43. The van der Waals surface area contributed by atoms with Gasteiger partial charge in [0.05, 0.1) is 0 Å². The van der Waals surface area contributed by atoms with Crippen molar-refractivity contribution in [2.24, 2.45) is 0 Å². The van der Waals surface area contributed by atoms with E-state index in [1.807, 2.05) is 136 Å². The quantitative estimate of drug-likeness (QED) is 0.243. The summed E-state index contributed by atoms with van der Waals surface area (Å²) in [6, 6.07) is 0. The van der Waals surface area contributed by atoms with Crippen LogP contribution in [0.2, 0.25) is 0 Å². The summed E-state index contributed by atoms with van der Waals surface area (Å²) in [6.07, 6.45) is 8.00. The smallest absolute Gasteiger partial charge is 0.335 e. The van der Waals surface area contributed by atoms with Crippen LogP contribution >= 0.6 is 0 Å². The second-order valence-electron chi connectivity index (χ2n) is 2.31. The SMILES string of the molecule is C.C.C.C.C.C.C.CC.CC.CC.CC.C[CH-]C.C[CH-]C.C[CH-]C.C[CH-]C.[Pt+4]. The van der Waals surface area contributed by atoms with Crippen molar-refractivity contribution in [2.75, 3.05) is 0 Å². The van der Waals surface area contributed by atoms with Gasteiger partial charge in [-0.1, -0.05) is 107 Å². The van der Waals surface area contributed by atoms with E-state index in [0.29, 0.717) is 0 Å². The zero-order valence-corrected chi connectivity index (χ0v) is 20.9. The van der Waals surface area contributed by atoms with Gasteiger partial charge in [-0.25, -0.2) is 0 Å². The molecule has 28 heavy (non-hydrogen) atoms. The minimum Gasteiger partial charge on any atom is -0.335 e. The van der Waals surface area contributed by atoms with Gasteiger partial charge in [-0.2, -0.15) is 55.4 Å². The fraction of sp³-hybridized carbons (Fsp3) is 0.852. The summed E-state index contributed by atoms with van der Waals surface area (Å²) in [5.74, 6) is 0. The van der Waals surface area contributed by atoms with E-state index in [1.165, 1.54) is 0 Å². The molecular weight excluding hydrogens is 519 g/mol. The molecule has 0 atom stereocenters. The molecule has 0 saturated carbocycles. The first kappa shape index (κ1) is 137. The molecule has 0 aliphatic rings. The van der Waals surface area contributed by atoms with Crippen molar-refractivity contribution in [3.63, 3.8) is 0 Å². The molecule has 0 spiro atoms. The molecule has 0 amide bonds. The third kappa shape index (κ3) is 37200. The summed E-state index contributed by atoms with van der Waals surface area (Å²) in [5, 5.41) is 0. The Morgan fingerprint density at radius 1 is 0.250 bits per heavy atom. The fourth-order valence-corrected chi connectivity index (χ4v) is 0. The van der Waals surface area contributed by atoms with Crippen LogP contribution in [0.1, 0.15) is 163 Å². The van der Waals surface area contributed by atoms with Crippen molar-refractivity contribution < 1.29 is 21.1 Å². The van der Waals surface area contributed by atoms with Gasteiger partial charge in [0.1, 0.15) is 0 Å². The first-order valence-corrected chi connectivity index (χ1v) is 8.62. The Labute approximate surface area is 209 Å². The van der Waals surface area contributed by atoms with E-state index >= 15 is 0 Å². The summed E-state index contributed by atoms with van der Waals surface area (Å²) in [5.41, 5.74) is 0. The van der Waals surface area contributed by atoms with Crippen LogP contribution in [-0.2, 0) is 21.1 Å². The molecule has 0 aliphatic heterocycles. The molecule has 0 radical (unpaired) electrons. The molecule has 0 nitrogen and oxygen atoms in total. The van der Waals surface area contributed by atoms with Gasteiger partial charge in [-0.15, -0.1) is 0 Å². The van der Waals surface area contributed by atoms with E-state index < -0.39 is 0 Å². The van der Waals surface area contributed by atoms with Crippen LogP contribution in [0.3, 0.4) is 0 Å². The van der Waals surface area contributed by atoms with E-state index in [9.17, 15) is 0 Å². The van der Waals surface area contributed by atoms with E-state index in [-0.39, 0.29) is 73.1 Å². The Hall–Kier alpha value is 0.688. The topological polar surface area (TPSA) is 0 Å². The first-order chi connectivity index (χ1) is 9.66. The van der Waals surface area contributed by atoms with Crippen molar-refractivity contribution in [3.8, 4) is 0 Å². The van der Waals surface area contributed by atoms with Crippen LogP contribution in [0.25, 0.3) is 0 Å². The van der Waals surface area contributed by atoms with E-state index in [4.69, 9.17) is 0 Å². The first-order valence-electron chi connectivity index (χ1n) is 8.62. The van der Waals surface area contributed by atoms with Crippen LogP contribution in [-0.4, -0.2) is 0 Å². The molecule has 0 aromatic carbocycles. The summed E-state index contributed by atoms with van der Waals surface area (Å²) in [7, 11) is 0. The Bertz CT molecular complexity index is 14.2. The predicted molar refractivity (Wildman–Crippen MR) is 155 cm³/mol. The molecule has 1 heteroatoms. The van der Waals surface area contributed by atoms with Crippen molar-refractivity contribution in [3.05, 3.63) is 25.7 Å². The predicted octanol–water partition coefficient (Wildman–Crippen LogP) is 13.5. The van der Waals surface area contributed by atoms with E-state index in [1.54, 1.807) is 0 Å². The number of hydrogen-bond acceptors (Lipinski definition) is 0. The zero-order chi connectivity index (χ0) is 18.8. The van der Waals surface area contributed by atoms with Gasteiger partial charge >= 0.3 is 21.1 Å². The monoisotopic (exact) mass is 600 g/mol. The molecule has 0 bridgehead atoms. The molecule has 0 N–H and O–H groups in total. The molecule has 0 heterocycles. The minimum absolute atomic E-state index is 0. The van der Waals surface area contributed by atoms with Crippen molar-refractivity contribution >= 4 is 0 Å². The van der Waals surface area contributed by atoms with E-state index in [2.05, 4.69) is 0 Å².